The normalized spacial score (nSPS) is 16.4. The molecule has 8 heteroatoms. The van der Waals surface area contributed by atoms with Crippen molar-refractivity contribution in [2.45, 2.75) is 19.2 Å². The average Bonchev–Trinajstić information content (AvgIpc) is 3.31. The first-order valence-corrected chi connectivity index (χ1v) is 8.08. The van der Waals surface area contributed by atoms with Crippen molar-refractivity contribution in [1.29, 1.82) is 5.26 Å². The summed E-state index contributed by atoms with van der Waals surface area (Å²) in [4.78, 5) is 18.6. The van der Waals surface area contributed by atoms with Crippen molar-refractivity contribution in [3.63, 3.8) is 0 Å². The molecule has 0 radical (unpaired) electrons. The SMILES string of the molecule is N#Cc1ccc(OC2CN(C(=O)c3ccoc3)Cc3ccnn3C2)nc1. The van der Waals surface area contributed by atoms with Crippen LogP contribution in [0, 0.1) is 11.3 Å². The summed E-state index contributed by atoms with van der Waals surface area (Å²) in [6.45, 7) is 1.32. The van der Waals surface area contributed by atoms with Crippen molar-refractivity contribution in [1.82, 2.24) is 19.7 Å². The van der Waals surface area contributed by atoms with Crippen molar-refractivity contribution in [2.24, 2.45) is 0 Å². The lowest BCUT2D eigenvalue weighted by Gasteiger charge is -2.24. The largest absolute Gasteiger partial charge is 0.472 e. The Morgan fingerprint density at radius 3 is 2.96 bits per heavy atom. The van der Waals surface area contributed by atoms with Gasteiger partial charge in [0.2, 0.25) is 5.88 Å². The van der Waals surface area contributed by atoms with E-state index < -0.39 is 0 Å². The molecule has 8 nitrogen and oxygen atoms in total. The fourth-order valence-electron chi connectivity index (χ4n) is 2.90. The number of carbonyl (C=O) groups is 1. The van der Waals surface area contributed by atoms with Gasteiger partial charge in [-0.1, -0.05) is 0 Å². The Morgan fingerprint density at radius 2 is 2.23 bits per heavy atom. The molecule has 4 heterocycles. The van der Waals surface area contributed by atoms with Gasteiger partial charge in [0, 0.05) is 18.5 Å². The summed E-state index contributed by atoms with van der Waals surface area (Å²) >= 11 is 0. The first-order chi connectivity index (χ1) is 12.7. The van der Waals surface area contributed by atoms with E-state index in [1.807, 2.05) is 16.8 Å². The van der Waals surface area contributed by atoms with Gasteiger partial charge in [0.15, 0.2) is 0 Å². The van der Waals surface area contributed by atoms with Crippen LogP contribution in [0.3, 0.4) is 0 Å². The molecule has 0 spiro atoms. The molecule has 0 aliphatic carbocycles. The van der Waals surface area contributed by atoms with E-state index in [1.54, 1.807) is 29.3 Å². The van der Waals surface area contributed by atoms with Gasteiger partial charge in [-0.15, -0.1) is 0 Å². The number of pyridine rings is 1. The van der Waals surface area contributed by atoms with Crippen molar-refractivity contribution >= 4 is 5.91 Å². The number of furan rings is 1. The van der Waals surface area contributed by atoms with Crippen molar-refractivity contribution in [2.75, 3.05) is 6.54 Å². The zero-order valence-corrected chi connectivity index (χ0v) is 13.8. The molecule has 1 aliphatic rings. The minimum atomic E-state index is -0.326. The quantitative estimate of drug-likeness (QED) is 0.716. The molecule has 1 aliphatic heterocycles. The Labute approximate surface area is 149 Å². The molecule has 3 aromatic rings. The zero-order chi connectivity index (χ0) is 17.9. The third-order valence-electron chi connectivity index (χ3n) is 4.17. The second kappa shape index (κ2) is 6.72. The minimum absolute atomic E-state index is 0.130. The lowest BCUT2D eigenvalue weighted by Crippen LogP contribution is -2.38. The van der Waals surface area contributed by atoms with Crippen LogP contribution in [0.25, 0.3) is 0 Å². The molecular formula is C18H15N5O3. The molecule has 0 aromatic carbocycles. The van der Waals surface area contributed by atoms with Crippen LogP contribution >= 0.6 is 0 Å². The number of ether oxygens (including phenoxy) is 1. The van der Waals surface area contributed by atoms with Crippen LogP contribution in [0.5, 0.6) is 5.88 Å². The van der Waals surface area contributed by atoms with E-state index in [4.69, 9.17) is 14.4 Å². The van der Waals surface area contributed by atoms with E-state index in [2.05, 4.69) is 10.1 Å². The topological polar surface area (TPSA) is 97.2 Å². The van der Waals surface area contributed by atoms with Crippen LogP contribution in [0.2, 0.25) is 0 Å². The van der Waals surface area contributed by atoms with Crippen LogP contribution < -0.4 is 4.74 Å². The smallest absolute Gasteiger partial charge is 0.257 e. The predicted molar refractivity (Wildman–Crippen MR) is 89.0 cm³/mol. The highest BCUT2D eigenvalue weighted by Crippen LogP contribution is 2.18. The van der Waals surface area contributed by atoms with Gasteiger partial charge >= 0.3 is 0 Å². The number of nitrogens with zero attached hydrogens (tertiary/aromatic N) is 5. The number of carbonyl (C=O) groups excluding carboxylic acids is 1. The maximum Gasteiger partial charge on any atom is 0.257 e. The summed E-state index contributed by atoms with van der Waals surface area (Å²) in [6.07, 6.45) is 5.75. The zero-order valence-electron chi connectivity index (χ0n) is 13.8. The maximum absolute atomic E-state index is 12.8. The van der Waals surface area contributed by atoms with Gasteiger partial charge in [-0.3, -0.25) is 9.48 Å². The van der Waals surface area contributed by atoms with Gasteiger partial charge < -0.3 is 14.1 Å². The maximum atomic E-state index is 12.8. The van der Waals surface area contributed by atoms with Gasteiger partial charge in [0.1, 0.15) is 18.4 Å². The van der Waals surface area contributed by atoms with Gasteiger partial charge in [-0.05, 0) is 18.2 Å². The Hall–Kier alpha value is -3.60. The molecule has 1 unspecified atom stereocenters. The number of hydrogen-bond acceptors (Lipinski definition) is 6. The third-order valence-corrected chi connectivity index (χ3v) is 4.17. The molecule has 0 fully saturated rings. The van der Waals surface area contributed by atoms with Crippen molar-refractivity contribution in [3.05, 3.63) is 66.0 Å². The summed E-state index contributed by atoms with van der Waals surface area (Å²) in [7, 11) is 0. The van der Waals surface area contributed by atoms with Crippen LogP contribution in [-0.4, -0.2) is 38.2 Å². The summed E-state index contributed by atoms with van der Waals surface area (Å²) in [5, 5.41) is 13.2. The van der Waals surface area contributed by atoms with Crippen LogP contribution in [0.4, 0.5) is 0 Å². The fourth-order valence-corrected chi connectivity index (χ4v) is 2.90. The van der Waals surface area contributed by atoms with Crippen LogP contribution in [0.1, 0.15) is 21.6 Å². The van der Waals surface area contributed by atoms with Gasteiger partial charge in [0.25, 0.3) is 5.91 Å². The summed E-state index contributed by atoms with van der Waals surface area (Å²) in [5.74, 6) is 0.273. The molecule has 0 N–H and O–H groups in total. The standard InChI is InChI=1S/C18H15N5O3/c19-7-13-1-2-17(20-8-13)26-16-10-22(18(24)14-4-6-25-12-14)9-15-3-5-21-23(15)11-16/h1-6,8,12,16H,9-11H2. The monoisotopic (exact) mass is 349 g/mol. The predicted octanol–water partition coefficient (Wildman–Crippen LogP) is 1.85. The fraction of sp³-hybridized carbons (Fsp3) is 0.222. The molecule has 1 amide bonds. The third kappa shape index (κ3) is 3.15. The molecule has 0 bridgehead atoms. The lowest BCUT2D eigenvalue weighted by molar-refractivity contribution is 0.0644. The lowest BCUT2D eigenvalue weighted by atomic mass is 10.2. The number of nitriles is 1. The number of aromatic nitrogens is 3. The second-order valence-corrected chi connectivity index (χ2v) is 5.94. The summed E-state index contributed by atoms with van der Waals surface area (Å²) in [5.41, 5.74) is 1.89. The molecular weight excluding hydrogens is 334 g/mol. The minimum Gasteiger partial charge on any atom is -0.472 e. The Kier molecular flexibility index (Phi) is 4.11. The molecule has 3 aromatic heterocycles. The van der Waals surface area contributed by atoms with Crippen molar-refractivity contribution < 1.29 is 13.9 Å². The highest BCUT2D eigenvalue weighted by Gasteiger charge is 2.28. The van der Waals surface area contributed by atoms with Gasteiger partial charge in [-0.25, -0.2) is 4.98 Å². The molecule has 4 rings (SSSR count). The average molecular weight is 349 g/mol. The number of hydrogen-bond donors (Lipinski definition) is 0. The number of amides is 1. The summed E-state index contributed by atoms with van der Waals surface area (Å²) in [6, 6.07) is 8.84. The molecule has 1 atom stereocenters. The van der Waals surface area contributed by atoms with E-state index >= 15 is 0 Å². The van der Waals surface area contributed by atoms with Crippen LogP contribution in [0.15, 0.2) is 53.6 Å². The Bertz CT molecular complexity index is 940. The highest BCUT2D eigenvalue weighted by molar-refractivity contribution is 5.93. The van der Waals surface area contributed by atoms with E-state index in [0.29, 0.717) is 36.6 Å². The highest BCUT2D eigenvalue weighted by atomic mass is 16.5. The van der Waals surface area contributed by atoms with E-state index in [0.717, 1.165) is 5.69 Å². The molecule has 130 valence electrons. The first kappa shape index (κ1) is 15.9. The molecule has 0 saturated carbocycles. The molecule has 26 heavy (non-hydrogen) atoms. The van der Waals surface area contributed by atoms with E-state index in [-0.39, 0.29) is 12.0 Å². The van der Waals surface area contributed by atoms with E-state index in [9.17, 15) is 4.79 Å². The number of fused-ring (bicyclic) bond motifs is 1. The van der Waals surface area contributed by atoms with Gasteiger partial charge in [-0.2, -0.15) is 10.4 Å². The number of rotatable bonds is 3. The van der Waals surface area contributed by atoms with Crippen molar-refractivity contribution in [3.8, 4) is 11.9 Å². The first-order valence-electron chi connectivity index (χ1n) is 8.08. The Balaban J connectivity index is 1.57. The summed E-state index contributed by atoms with van der Waals surface area (Å²) < 4.78 is 12.8. The molecule has 0 saturated heterocycles. The van der Waals surface area contributed by atoms with E-state index in [1.165, 1.54) is 18.7 Å². The van der Waals surface area contributed by atoms with Crippen LogP contribution in [-0.2, 0) is 13.1 Å². The second-order valence-electron chi connectivity index (χ2n) is 5.94. The Morgan fingerprint density at radius 1 is 1.31 bits per heavy atom. The van der Waals surface area contributed by atoms with Gasteiger partial charge in [0.05, 0.1) is 42.7 Å².